The predicted octanol–water partition coefficient (Wildman–Crippen LogP) is 2.39. The maximum Gasteiger partial charge on any atom is 0.263 e. The van der Waals surface area contributed by atoms with Crippen LogP contribution in [0.15, 0.2) is 49.2 Å². The maximum atomic E-state index is 13.2. The van der Waals surface area contributed by atoms with Gasteiger partial charge in [0.2, 0.25) is 5.91 Å². The first kappa shape index (κ1) is 22.4. The second-order valence-electron chi connectivity index (χ2n) is 7.19. The number of aromatic nitrogens is 3. The van der Waals surface area contributed by atoms with E-state index in [1.165, 1.54) is 34.6 Å². The topological polar surface area (TPSA) is 83.4 Å². The van der Waals surface area contributed by atoms with Gasteiger partial charge >= 0.3 is 0 Å². The number of hydrogen-bond donors (Lipinski definition) is 1. The maximum absolute atomic E-state index is 13.2. The van der Waals surface area contributed by atoms with Crippen LogP contribution in [-0.2, 0) is 17.9 Å². The molecule has 0 saturated carbocycles. The van der Waals surface area contributed by atoms with Crippen LogP contribution in [0.1, 0.15) is 21.7 Å². The number of nitrogens with zero attached hydrogens (tertiary/aromatic N) is 5. The number of amides is 2. The Hall–Kier alpha value is -3.27. The van der Waals surface area contributed by atoms with Crippen molar-refractivity contribution in [2.24, 2.45) is 0 Å². The van der Waals surface area contributed by atoms with Gasteiger partial charge in [0.1, 0.15) is 10.7 Å². The highest BCUT2D eigenvalue weighted by atomic mass is 32.1. The summed E-state index contributed by atoms with van der Waals surface area (Å²) in [7, 11) is 3.37. The number of benzene rings is 1. The Labute approximate surface area is 184 Å². The molecule has 0 radical (unpaired) electrons. The number of aryl methyl sites for hydroxylation is 1. The van der Waals surface area contributed by atoms with Gasteiger partial charge in [0.15, 0.2) is 5.13 Å². The normalized spacial score (nSPS) is 10.7. The number of thiazole rings is 1. The van der Waals surface area contributed by atoms with E-state index >= 15 is 0 Å². The summed E-state index contributed by atoms with van der Waals surface area (Å²) in [6, 6.07) is 6.10. The molecule has 0 fully saturated rings. The third kappa shape index (κ3) is 6.61. The second-order valence-corrected chi connectivity index (χ2v) is 8.20. The molecule has 0 bridgehead atoms. The van der Waals surface area contributed by atoms with E-state index in [-0.39, 0.29) is 24.2 Å². The number of nitrogens with one attached hydrogen (secondary N) is 1. The summed E-state index contributed by atoms with van der Waals surface area (Å²) >= 11 is 1.22. The molecule has 1 aromatic carbocycles. The number of likely N-dealkylation sites (N-methyl/N-ethyl adjacent to an activating group) is 1. The average molecular weight is 445 g/mol. The van der Waals surface area contributed by atoms with Crippen molar-refractivity contribution in [1.29, 1.82) is 0 Å². The highest BCUT2D eigenvalue weighted by Crippen LogP contribution is 2.24. The smallest absolute Gasteiger partial charge is 0.263 e. The lowest BCUT2D eigenvalue weighted by Gasteiger charge is -2.23. The van der Waals surface area contributed by atoms with E-state index in [4.69, 9.17) is 0 Å². The van der Waals surface area contributed by atoms with Gasteiger partial charge in [-0.05, 0) is 24.1 Å². The minimum absolute atomic E-state index is 0.0946. The summed E-state index contributed by atoms with van der Waals surface area (Å²) in [5.41, 5.74) is 0.841. The molecule has 0 atom stereocenters. The van der Waals surface area contributed by atoms with E-state index in [1.54, 1.807) is 43.7 Å². The average Bonchev–Trinajstić information content (AvgIpc) is 3.44. The van der Waals surface area contributed by atoms with Gasteiger partial charge in [-0.1, -0.05) is 23.5 Å². The van der Waals surface area contributed by atoms with Crippen LogP contribution < -0.4 is 10.2 Å². The van der Waals surface area contributed by atoms with Gasteiger partial charge in [-0.25, -0.2) is 14.4 Å². The number of imidazole rings is 1. The van der Waals surface area contributed by atoms with Gasteiger partial charge in [0.25, 0.3) is 5.91 Å². The summed E-state index contributed by atoms with van der Waals surface area (Å²) in [5.74, 6) is -0.612. The lowest BCUT2D eigenvalue weighted by molar-refractivity contribution is -0.127. The van der Waals surface area contributed by atoms with Gasteiger partial charge in [-0.2, -0.15) is 0 Å². The van der Waals surface area contributed by atoms with E-state index < -0.39 is 0 Å². The summed E-state index contributed by atoms with van der Waals surface area (Å²) in [6.45, 7) is 1.78. The van der Waals surface area contributed by atoms with Crippen molar-refractivity contribution in [3.05, 3.63) is 65.4 Å². The molecule has 0 spiro atoms. The summed E-state index contributed by atoms with van der Waals surface area (Å²) in [6.07, 6.45) is 7.63. The van der Waals surface area contributed by atoms with Crippen LogP contribution >= 0.6 is 11.3 Å². The number of hydrogen-bond acceptors (Lipinski definition) is 6. The summed E-state index contributed by atoms with van der Waals surface area (Å²) < 4.78 is 15.2. The number of halogens is 1. The van der Waals surface area contributed by atoms with Gasteiger partial charge in [0.05, 0.1) is 19.1 Å². The van der Waals surface area contributed by atoms with E-state index in [1.807, 2.05) is 10.8 Å². The molecule has 3 rings (SSSR count). The Bertz CT molecular complexity index is 988. The molecular formula is C21H25FN6O2S. The van der Waals surface area contributed by atoms with Gasteiger partial charge in [-0.15, -0.1) is 0 Å². The van der Waals surface area contributed by atoms with Crippen molar-refractivity contribution in [3.63, 3.8) is 0 Å². The monoisotopic (exact) mass is 444 g/mol. The van der Waals surface area contributed by atoms with Crippen molar-refractivity contribution < 1.29 is 14.0 Å². The molecule has 3 aromatic rings. The van der Waals surface area contributed by atoms with Crippen LogP contribution in [0.25, 0.3) is 0 Å². The molecule has 0 unspecified atom stereocenters. The number of carbonyl (C=O) groups is 2. The van der Waals surface area contributed by atoms with Crippen LogP contribution in [0, 0.1) is 5.82 Å². The molecule has 2 heterocycles. The van der Waals surface area contributed by atoms with Crippen LogP contribution in [0.4, 0.5) is 9.52 Å². The Morgan fingerprint density at radius 3 is 2.68 bits per heavy atom. The Morgan fingerprint density at radius 2 is 2.00 bits per heavy atom. The molecule has 0 saturated heterocycles. The lowest BCUT2D eigenvalue weighted by Crippen LogP contribution is -2.36. The molecule has 0 aliphatic rings. The first-order valence-electron chi connectivity index (χ1n) is 9.81. The second kappa shape index (κ2) is 10.7. The molecule has 8 nitrogen and oxygen atoms in total. The Kier molecular flexibility index (Phi) is 7.71. The fraction of sp³-hybridized carbons (Fsp3) is 0.333. The summed E-state index contributed by atoms with van der Waals surface area (Å²) in [5, 5.41) is 3.45. The third-order valence-corrected chi connectivity index (χ3v) is 5.59. The van der Waals surface area contributed by atoms with Gasteiger partial charge < -0.3 is 19.7 Å². The molecule has 1 N–H and O–H groups in total. The van der Waals surface area contributed by atoms with Gasteiger partial charge in [0, 0.05) is 46.1 Å². The van der Waals surface area contributed by atoms with Crippen molar-refractivity contribution in [3.8, 4) is 0 Å². The largest absolute Gasteiger partial charge is 0.351 e. The first-order chi connectivity index (χ1) is 14.9. The molecule has 10 heteroatoms. The molecular weight excluding hydrogens is 419 g/mol. The number of carbonyl (C=O) groups excluding carboxylic acids is 2. The Balaban J connectivity index is 1.63. The number of rotatable bonds is 10. The zero-order chi connectivity index (χ0) is 22.2. The van der Waals surface area contributed by atoms with Crippen molar-refractivity contribution in [1.82, 2.24) is 24.8 Å². The first-order valence-corrected chi connectivity index (χ1v) is 10.6. The van der Waals surface area contributed by atoms with Crippen LogP contribution in [0.3, 0.4) is 0 Å². The number of anilines is 1. The van der Waals surface area contributed by atoms with Crippen molar-refractivity contribution >= 4 is 28.3 Å². The van der Waals surface area contributed by atoms with Gasteiger partial charge in [-0.3, -0.25) is 9.59 Å². The van der Waals surface area contributed by atoms with Crippen LogP contribution in [0.2, 0.25) is 0 Å². The zero-order valence-electron chi connectivity index (χ0n) is 17.5. The summed E-state index contributed by atoms with van der Waals surface area (Å²) in [4.78, 5) is 36.9. The SMILES string of the molecule is CN(C)C(=O)CN(Cc1ccc(F)cc1)c1ncc(C(=O)NCCCn2ccnc2)s1. The predicted molar refractivity (Wildman–Crippen MR) is 117 cm³/mol. The van der Waals surface area contributed by atoms with E-state index in [0.29, 0.717) is 23.1 Å². The fourth-order valence-electron chi connectivity index (χ4n) is 2.79. The zero-order valence-corrected chi connectivity index (χ0v) is 18.3. The molecule has 0 aliphatic carbocycles. The minimum atomic E-state index is -0.319. The minimum Gasteiger partial charge on any atom is -0.351 e. The van der Waals surface area contributed by atoms with Crippen LogP contribution in [-0.4, -0.2) is 58.4 Å². The fourth-order valence-corrected chi connectivity index (χ4v) is 3.62. The van der Waals surface area contributed by atoms with Crippen molar-refractivity contribution in [2.45, 2.75) is 19.5 Å². The van der Waals surface area contributed by atoms with Crippen molar-refractivity contribution in [2.75, 3.05) is 32.1 Å². The quantitative estimate of drug-likeness (QED) is 0.486. The van der Waals surface area contributed by atoms with E-state index in [9.17, 15) is 14.0 Å². The third-order valence-electron chi connectivity index (χ3n) is 4.54. The molecule has 2 aromatic heterocycles. The molecule has 2 amide bonds. The molecule has 31 heavy (non-hydrogen) atoms. The van der Waals surface area contributed by atoms with E-state index in [2.05, 4.69) is 15.3 Å². The highest BCUT2D eigenvalue weighted by molar-refractivity contribution is 7.17. The standard InChI is InChI=1S/C21H25FN6O2S/c1-26(2)19(29)14-28(13-16-4-6-17(22)7-5-16)21-25-12-18(31-21)20(30)24-8-3-10-27-11-9-23-15-27/h4-7,9,11-12,15H,3,8,10,13-14H2,1-2H3,(H,24,30). The highest BCUT2D eigenvalue weighted by Gasteiger charge is 2.19. The molecule has 0 aliphatic heterocycles. The van der Waals surface area contributed by atoms with Crippen LogP contribution in [0.5, 0.6) is 0 Å². The lowest BCUT2D eigenvalue weighted by atomic mass is 10.2. The molecule has 164 valence electrons. The Morgan fingerprint density at radius 1 is 1.23 bits per heavy atom. The van der Waals surface area contributed by atoms with E-state index in [0.717, 1.165) is 18.5 Å².